The molecule has 4 rings (SSSR count). The summed E-state index contributed by atoms with van der Waals surface area (Å²) >= 11 is 5.71. The second kappa shape index (κ2) is 7.28. The molecule has 3 aromatic rings. The van der Waals surface area contributed by atoms with Gasteiger partial charge in [-0.3, -0.25) is 4.98 Å². The maximum atomic E-state index is 5.71. The third-order valence-corrected chi connectivity index (χ3v) is 5.00. The van der Waals surface area contributed by atoms with Gasteiger partial charge < -0.3 is 24.7 Å². The van der Waals surface area contributed by atoms with E-state index in [1.807, 2.05) is 48.7 Å². The number of pyridine rings is 1. The van der Waals surface area contributed by atoms with Crippen molar-refractivity contribution in [2.45, 2.75) is 12.1 Å². The van der Waals surface area contributed by atoms with Crippen LogP contribution in [0.5, 0.6) is 11.5 Å². The summed E-state index contributed by atoms with van der Waals surface area (Å²) in [5, 5.41) is 4.03. The lowest BCUT2D eigenvalue weighted by molar-refractivity contribution is 0.402. The first-order chi connectivity index (χ1) is 13.2. The molecule has 1 saturated heterocycles. The first kappa shape index (κ1) is 17.4. The Labute approximate surface area is 163 Å². The van der Waals surface area contributed by atoms with Crippen LogP contribution >= 0.6 is 12.2 Å². The number of hydrogen-bond acceptors (Lipinski definition) is 4. The molecule has 1 aliphatic heterocycles. The fourth-order valence-corrected chi connectivity index (χ4v) is 3.78. The van der Waals surface area contributed by atoms with Crippen molar-refractivity contribution in [3.05, 3.63) is 72.3 Å². The van der Waals surface area contributed by atoms with Gasteiger partial charge in [-0.2, -0.15) is 0 Å². The molecule has 2 atom stereocenters. The number of benzene rings is 1. The molecule has 3 heterocycles. The average molecular weight is 380 g/mol. The van der Waals surface area contributed by atoms with E-state index in [0.29, 0.717) is 5.11 Å². The lowest BCUT2D eigenvalue weighted by Gasteiger charge is -2.28. The Morgan fingerprint density at radius 3 is 2.63 bits per heavy atom. The van der Waals surface area contributed by atoms with E-state index >= 15 is 0 Å². The molecule has 0 bridgehead atoms. The lowest BCUT2D eigenvalue weighted by Crippen LogP contribution is -2.30. The van der Waals surface area contributed by atoms with Crippen LogP contribution in [-0.2, 0) is 0 Å². The van der Waals surface area contributed by atoms with Crippen molar-refractivity contribution in [1.29, 1.82) is 0 Å². The Morgan fingerprint density at radius 2 is 1.96 bits per heavy atom. The quantitative estimate of drug-likeness (QED) is 0.660. The van der Waals surface area contributed by atoms with Crippen LogP contribution in [0.25, 0.3) is 0 Å². The third-order valence-electron chi connectivity index (χ3n) is 4.68. The SMILES string of the molecule is COc1ccc(OC)c(N2C(=S)N[C@H](c3ccccn3)[C@H]2c2ccc[nH]2)c1. The van der Waals surface area contributed by atoms with Crippen LogP contribution < -0.4 is 19.7 Å². The fourth-order valence-electron chi connectivity index (χ4n) is 3.44. The molecular formula is C20H20N4O2S. The summed E-state index contributed by atoms with van der Waals surface area (Å²) < 4.78 is 11.0. The van der Waals surface area contributed by atoms with Crippen molar-refractivity contribution in [3.63, 3.8) is 0 Å². The summed E-state index contributed by atoms with van der Waals surface area (Å²) in [5.74, 6) is 1.46. The van der Waals surface area contributed by atoms with Gasteiger partial charge in [0.1, 0.15) is 17.5 Å². The highest BCUT2D eigenvalue weighted by Crippen LogP contribution is 2.44. The fraction of sp³-hybridized carbons (Fsp3) is 0.200. The Kier molecular flexibility index (Phi) is 4.68. The van der Waals surface area contributed by atoms with Gasteiger partial charge in [0.05, 0.1) is 31.6 Å². The molecular weight excluding hydrogens is 360 g/mol. The molecule has 0 saturated carbocycles. The summed E-state index contributed by atoms with van der Waals surface area (Å²) in [7, 11) is 3.29. The van der Waals surface area contributed by atoms with Gasteiger partial charge >= 0.3 is 0 Å². The summed E-state index contributed by atoms with van der Waals surface area (Å²) in [6.45, 7) is 0. The van der Waals surface area contributed by atoms with Crippen molar-refractivity contribution >= 4 is 23.0 Å². The van der Waals surface area contributed by atoms with Crippen molar-refractivity contribution < 1.29 is 9.47 Å². The van der Waals surface area contributed by atoms with E-state index in [2.05, 4.69) is 26.3 Å². The Hall–Kier alpha value is -3.06. The molecule has 0 unspecified atom stereocenters. The molecule has 1 aromatic carbocycles. The number of ether oxygens (including phenoxy) is 2. The highest BCUT2D eigenvalue weighted by atomic mass is 32.1. The molecule has 0 amide bonds. The van der Waals surface area contributed by atoms with Crippen molar-refractivity contribution in [2.24, 2.45) is 0 Å². The zero-order chi connectivity index (χ0) is 18.8. The molecule has 2 N–H and O–H groups in total. The van der Waals surface area contributed by atoms with E-state index in [0.717, 1.165) is 28.6 Å². The van der Waals surface area contributed by atoms with Gasteiger partial charge in [-0.05, 0) is 48.6 Å². The highest BCUT2D eigenvalue weighted by Gasteiger charge is 2.42. The molecule has 7 heteroatoms. The maximum Gasteiger partial charge on any atom is 0.174 e. The second-order valence-electron chi connectivity index (χ2n) is 6.16. The van der Waals surface area contributed by atoms with E-state index in [-0.39, 0.29) is 12.1 Å². The van der Waals surface area contributed by atoms with Crippen LogP contribution in [0.1, 0.15) is 23.5 Å². The molecule has 1 fully saturated rings. The van der Waals surface area contributed by atoms with Gasteiger partial charge in [0.2, 0.25) is 0 Å². The Morgan fingerprint density at radius 1 is 1.07 bits per heavy atom. The summed E-state index contributed by atoms with van der Waals surface area (Å²) in [6.07, 6.45) is 3.70. The zero-order valence-corrected chi connectivity index (χ0v) is 15.9. The monoisotopic (exact) mass is 380 g/mol. The first-order valence-electron chi connectivity index (χ1n) is 8.59. The number of anilines is 1. The smallest absolute Gasteiger partial charge is 0.174 e. The van der Waals surface area contributed by atoms with Crippen LogP contribution in [0.3, 0.4) is 0 Å². The van der Waals surface area contributed by atoms with Crippen molar-refractivity contribution in [1.82, 2.24) is 15.3 Å². The van der Waals surface area contributed by atoms with Gasteiger partial charge in [0.25, 0.3) is 0 Å². The molecule has 138 valence electrons. The summed E-state index contributed by atoms with van der Waals surface area (Å²) in [5.41, 5.74) is 2.79. The molecule has 6 nitrogen and oxygen atoms in total. The number of aromatic amines is 1. The normalized spacial score (nSPS) is 19.0. The van der Waals surface area contributed by atoms with E-state index in [9.17, 15) is 0 Å². The minimum absolute atomic E-state index is 0.103. The largest absolute Gasteiger partial charge is 0.497 e. The number of rotatable bonds is 5. The number of nitrogens with one attached hydrogen (secondary N) is 2. The Balaban J connectivity index is 1.85. The summed E-state index contributed by atoms with van der Waals surface area (Å²) in [6, 6.07) is 15.4. The molecule has 1 aliphatic rings. The average Bonchev–Trinajstić information content (AvgIpc) is 3.35. The minimum atomic E-state index is -0.108. The number of thiocarbonyl (C=S) groups is 1. The van der Waals surface area contributed by atoms with Gasteiger partial charge in [-0.25, -0.2) is 0 Å². The van der Waals surface area contributed by atoms with Crippen LogP contribution in [-0.4, -0.2) is 29.3 Å². The standard InChI is InChI=1S/C20H20N4O2S/c1-25-13-8-9-17(26-2)16(12-13)24-19(15-7-5-11-22-15)18(23-20(24)27)14-6-3-4-10-21-14/h3-12,18-19,22H,1-2H3,(H,23,27)/t18-,19-/m1/s1. The maximum absolute atomic E-state index is 5.71. The number of nitrogens with zero attached hydrogens (tertiary/aromatic N) is 2. The van der Waals surface area contributed by atoms with Crippen LogP contribution in [0, 0.1) is 0 Å². The van der Waals surface area contributed by atoms with Gasteiger partial charge in [0.15, 0.2) is 5.11 Å². The van der Waals surface area contributed by atoms with E-state index < -0.39 is 0 Å². The number of aromatic nitrogens is 2. The summed E-state index contributed by atoms with van der Waals surface area (Å²) in [4.78, 5) is 9.92. The topological polar surface area (TPSA) is 62.4 Å². The second-order valence-corrected chi connectivity index (χ2v) is 6.55. The van der Waals surface area contributed by atoms with Crippen molar-refractivity contribution in [3.8, 4) is 11.5 Å². The first-order valence-corrected chi connectivity index (χ1v) is 8.99. The Bertz CT molecular complexity index is 930. The molecule has 2 aromatic heterocycles. The van der Waals surface area contributed by atoms with E-state index in [4.69, 9.17) is 21.7 Å². The third kappa shape index (κ3) is 3.10. The van der Waals surface area contributed by atoms with Gasteiger partial charge in [-0.1, -0.05) is 6.07 Å². The molecule has 0 radical (unpaired) electrons. The van der Waals surface area contributed by atoms with Crippen LogP contribution in [0.4, 0.5) is 5.69 Å². The van der Waals surface area contributed by atoms with Gasteiger partial charge in [-0.15, -0.1) is 0 Å². The number of hydrogen-bond donors (Lipinski definition) is 2. The minimum Gasteiger partial charge on any atom is -0.497 e. The van der Waals surface area contributed by atoms with E-state index in [1.165, 1.54) is 0 Å². The zero-order valence-electron chi connectivity index (χ0n) is 15.0. The van der Waals surface area contributed by atoms with Crippen molar-refractivity contribution in [2.75, 3.05) is 19.1 Å². The number of H-pyrrole nitrogens is 1. The molecule has 0 aliphatic carbocycles. The number of methoxy groups -OCH3 is 2. The van der Waals surface area contributed by atoms with Crippen LogP contribution in [0.2, 0.25) is 0 Å². The molecule has 0 spiro atoms. The van der Waals surface area contributed by atoms with Gasteiger partial charge in [0, 0.05) is 24.2 Å². The highest BCUT2D eigenvalue weighted by molar-refractivity contribution is 7.80. The predicted molar refractivity (Wildman–Crippen MR) is 108 cm³/mol. The lowest BCUT2D eigenvalue weighted by atomic mass is 10.0. The predicted octanol–water partition coefficient (Wildman–Crippen LogP) is 3.60. The molecule has 27 heavy (non-hydrogen) atoms. The van der Waals surface area contributed by atoms with E-state index in [1.54, 1.807) is 20.4 Å². The van der Waals surface area contributed by atoms with Crippen LogP contribution in [0.15, 0.2) is 60.9 Å².